The molecule has 0 spiro atoms. The van der Waals surface area contributed by atoms with Gasteiger partial charge < -0.3 is 9.88 Å². The van der Waals surface area contributed by atoms with Gasteiger partial charge in [0.2, 0.25) is 0 Å². The van der Waals surface area contributed by atoms with Gasteiger partial charge in [0, 0.05) is 38.2 Å². The number of piperidine rings is 1. The maximum atomic E-state index is 11.2. The third-order valence-corrected chi connectivity index (χ3v) is 3.96. The molecule has 92 valence electrons. The predicted molar refractivity (Wildman–Crippen MR) is 70.7 cm³/mol. The molecule has 0 saturated carbocycles. The highest BCUT2D eigenvalue weighted by atomic mass is 32.2. The summed E-state index contributed by atoms with van der Waals surface area (Å²) in [6.45, 7) is 3.45. The van der Waals surface area contributed by atoms with E-state index in [1.165, 1.54) is 17.3 Å². The number of hydrogen-bond donors (Lipinski definition) is 1. The quantitative estimate of drug-likeness (QED) is 0.864. The molecule has 0 aliphatic carbocycles. The van der Waals surface area contributed by atoms with Gasteiger partial charge in [-0.25, -0.2) is 4.98 Å². The molecule has 17 heavy (non-hydrogen) atoms. The van der Waals surface area contributed by atoms with Crippen LogP contribution in [0.2, 0.25) is 0 Å². The summed E-state index contributed by atoms with van der Waals surface area (Å²) in [6.07, 6.45) is 6.80. The summed E-state index contributed by atoms with van der Waals surface area (Å²) in [4.78, 5) is 15.5. The average Bonchev–Trinajstić information content (AvgIpc) is 2.67. The minimum Gasteiger partial charge on any atom is -0.335 e. The van der Waals surface area contributed by atoms with Crippen molar-refractivity contribution in [3.63, 3.8) is 0 Å². The zero-order valence-electron chi connectivity index (χ0n) is 10.1. The molecule has 2 rings (SSSR count). The van der Waals surface area contributed by atoms with Gasteiger partial charge in [-0.3, -0.25) is 4.79 Å². The topological polar surface area (TPSA) is 46.9 Å². The number of rotatable bonds is 2. The Hall–Kier alpha value is -1.07. The van der Waals surface area contributed by atoms with E-state index < -0.39 is 0 Å². The van der Waals surface area contributed by atoms with Crippen molar-refractivity contribution in [1.82, 2.24) is 14.9 Å². The van der Waals surface area contributed by atoms with Crippen molar-refractivity contribution >= 4 is 23.0 Å². The molecule has 1 fully saturated rings. The molecule has 0 amide bonds. The molecule has 1 aliphatic rings. The summed E-state index contributed by atoms with van der Waals surface area (Å²) in [5.74, 6) is 0.942. The Morgan fingerprint density at radius 1 is 1.71 bits per heavy atom. The van der Waals surface area contributed by atoms with E-state index in [9.17, 15) is 4.79 Å². The highest BCUT2D eigenvalue weighted by molar-refractivity contribution is 8.14. The van der Waals surface area contributed by atoms with Gasteiger partial charge in [0.15, 0.2) is 5.12 Å². The minimum atomic E-state index is 0.183. The molecular formula is C12H17N3OS. The van der Waals surface area contributed by atoms with Crippen LogP contribution in [0.4, 0.5) is 0 Å². The molecule has 1 N–H and O–H groups in total. The maximum Gasteiger partial charge on any atom is 0.186 e. The average molecular weight is 251 g/mol. The van der Waals surface area contributed by atoms with Crippen LogP contribution < -0.4 is 5.32 Å². The fraction of sp³-hybridized carbons (Fsp3) is 0.500. The summed E-state index contributed by atoms with van der Waals surface area (Å²) in [5, 5.41) is 3.82. The number of nitrogens with zero attached hydrogens (tertiary/aromatic N) is 2. The predicted octanol–water partition coefficient (Wildman–Crippen LogP) is 1.45. The van der Waals surface area contributed by atoms with E-state index >= 15 is 0 Å². The smallest absolute Gasteiger partial charge is 0.186 e. The summed E-state index contributed by atoms with van der Waals surface area (Å²) in [5.41, 5.74) is 1.26. The van der Waals surface area contributed by atoms with Crippen LogP contribution >= 0.6 is 11.8 Å². The van der Waals surface area contributed by atoms with Gasteiger partial charge in [-0.05, 0) is 24.6 Å². The second kappa shape index (κ2) is 5.51. The van der Waals surface area contributed by atoms with Gasteiger partial charge in [0.1, 0.15) is 5.82 Å². The number of thioether (sulfide) groups is 1. The normalized spacial score (nSPS) is 22.9. The Morgan fingerprint density at radius 3 is 3.18 bits per heavy atom. The van der Waals surface area contributed by atoms with Crippen LogP contribution in [-0.4, -0.2) is 33.0 Å². The highest BCUT2D eigenvalue weighted by Gasteiger charge is 2.21. The van der Waals surface area contributed by atoms with Gasteiger partial charge in [-0.15, -0.1) is 0 Å². The fourth-order valence-electron chi connectivity index (χ4n) is 1.93. The lowest BCUT2D eigenvalue weighted by molar-refractivity contribution is -0.109. The molecule has 1 unspecified atom stereocenters. The SMILES string of the molecule is CC(=O)SC1CCNCC1=Cc1nccn1C. The fourth-order valence-corrected chi connectivity index (χ4v) is 2.87. The lowest BCUT2D eigenvalue weighted by Gasteiger charge is -2.24. The Labute approximate surface area is 105 Å². The monoisotopic (exact) mass is 251 g/mol. The van der Waals surface area contributed by atoms with Gasteiger partial charge >= 0.3 is 0 Å². The van der Waals surface area contributed by atoms with Crippen LogP contribution in [0.5, 0.6) is 0 Å². The van der Waals surface area contributed by atoms with E-state index in [2.05, 4.69) is 16.4 Å². The van der Waals surface area contributed by atoms with Crippen LogP contribution in [0.1, 0.15) is 19.2 Å². The molecular weight excluding hydrogens is 234 g/mol. The van der Waals surface area contributed by atoms with Crippen LogP contribution in [0.3, 0.4) is 0 Å². The number of nitrogens with one attached hydrogen (secondary N) is 1. The Bertz CT molecular complexity index is 439. The van der Waals surface area contributed by atoms with Crippen LogP contribution in [0, 0.1) is 0 Å². The third-order valence-electron chi connectivity index (χ3n) is 2.81. The summed E-state index contributed by atoms with van der Waals surface area (Å²) in [6, 6.07) is 0. The van der Waals surface area contributed by atoms with Gasteiger partial charge in [0.05, 0.1) is 0 Å². The first kappa shape index (κ1) is 12.4. The van der Waals surface area contributed by atoms with Crippen molar-refractivity contribution in [2.75, 3.05) is 13.1 Å². The van der Waals surface area contributed by atoms with Crippen molar-refractivity contribution < 1.29 is 4.79 Å². The number of aryl methyl sites for hydroxylation is 1. The molecule has 1 saturated heterocycles. The molecule has 1 aromatic rings. The molecule has 1 aliphatic heterocycles. The summed E-state index contributed by atoms with van der Waals surface area (Å²) < 4.78 is 1.98. The molecule has 0 bridgehead atoms. The number of imidazole rings is 1. The van der Waals surface area contributed by atoms with Gasteiger partial charge in [0.25, 0.3) is 0 Å². The van der Waals surface area contributed by atoms with Crippen molar-refractivity contribution in [2.24, 2.45) is 7.05 Å². The van der Waals surface area contributed by atoms with Crippen molar-refractivity contribution in [2.45, 2.75) is 18.6 Å². The van der Waals surface area contributed by atoms with E-state index in [1.807, 2.05) is 17.8 Å². The first-order valence-corrected chi connectivity index (χ1v) is 6.60. The van der Waals surface area contributed by atoms with E-state index in [0.29, 0.717) is 5.25 Å². The van der Waals surface area contributed by atoms with Crippen LogP contribution in [0.25, 0.3) is 6.08 Å². The Balaban J connectivity index is 2.18. The zero-order valence-corrected chi connectivity index (χ0v) is 11.0. The van der Waals surface area contributed by atoms with E-state index in [0.717, 1.165) is 25.3 Å². The van der Waals surface area contributed by atoms with Crippen molar-refractivity contribution in [1.29, 1.82) is 0 Å². The summed E-state index contributed by atoms with van der Waals surface area (Å²) >= 11 is 1.43. The minimum absolute atomic E-state index is 0.183. The lowest BCUT2D eigenvalue weighted by Crippen LogP contribution is -2.32. The second-order valence-electron chi connectivity index (χ2n) is 4.18. The summed E-state index contributed by atoms with van der Waals surface area (Å²) in [7, 11) is 1.97. The van der Waals surface area contributed by atoms with E-state index in [1.54, 1.807) is 13.1 Å². The van der Waals surface area contributed by atoms with Crippen LogP contribution in [-0.2, 0) is 11.8 Å². The number of aromatic nitrogens is 2. The second-order valence-corrected chi connectivity index (χ2v) is 5.56. The third kappa shape index (κ3) is 3.20. The molecule has 0 radical (unpaired) electrons. The number of carbonyl (C=O) groups is 1. The molecule has 1 aromatic heterocycles. The van der Waals surface area contributed by atoms with Gasteiger partial charge in [-0.1, -0.05) is 11.8 Å². The molecule has 1 atom stereocenters. The van der Waals surface area contributed by atoms with Crippen molar-refractivity contribution in [3.8, 4) is 0 Å². The standard InChI is InChI=1S/C12H17N3OS/c1-9(16)17-11-3-4-13-8-10(11)7-12-14-5-6-15(12)2/h5-7,11,13H,3-4,8H2,1-2H3. The Kier molecular flexibility index (Phi) is 4.02. The zero-order chi connectivity index (χ0) is 12.3. The molecule has 4 nitrogen and oxygen atoms in total. The molecule has 0 aromatic carbocycles. The highest BCUT2D eigenvalue weighted by Crippen LogP contribution is 2.26. The largest absolute Gasteiger partial charge is 0.335 e. The molecule has 2 heterocycles. The Morgan fingerprint density at radius 2 is 2.53 bits per heavy atom. The number of carbonyl (C=O) groups excluding carboxylic acids is 1. The van der Waals surface area contributed by atoms with Crippen LogP contribution in [0.15, 0.2) is 18.0 Å². The molecule has 5 heteroatoms. The first-order valence-electron chi connectivity index (χ1n) is 5.72. The maximum absolute atomic E-state index is 11.2. The lowest BCUT2D eigenvalue weighted by atomic mass is 10.1. The number of hydrogen-bond acceptors (Lipinski definition) is 4. The first-order chi connectivity index (χ1) is 8.16. The van der Waals surface area contributed by atoms with E-state index in [4.69, 9.17) is 0 Å². The van der Waals surface area contributed by atoms with E-state index in [-0.39, 0.29) is 5.12 Å². The van der Waals surface area contributed by atoms with Crippen molar-refractivity contribution in [3.05, 3.63) is 23.8 Å². The van der Waals surface area contributed by atoms with Gasteiger partial charge in [-0.2, -0.15) is 0 Å².